The molecule has 2 N–H and O–H groups in total. The van der Waals surface area contributed by atoms with Crippen LogP contribution in [0.3, 0.4) is 0 Å². The molecule has 1 aromatic heterocycles. The molecule has 0 radical (unpaired) electrons. The average Bonchev–Trinajstić information content (AvgIpc) is 3.55. The maximum Gasteiger partial charge on any atom is 0.230 e. The van der Waals surface area contributed by atoms with Crippen molar-refractivity contribution in [2.24, 2.45) is 11.8 Å². The van der Waals surface area contributed by atoms with E-state index in [1.54, 1.807) is 0 Å². The van der Waals surface area contributed by atoms with Gasteiger partial charge in [0.2, 0.25) is 11.8 Å². The summed E-state index contributed by atoms with van der Waals surface area (Å²) in [5, 5.41) is 4.40. The number of para-hydroxylation sites is 1. The minimum absolute atomic E-state index is 0.00467. The van der Waals surface area contributed by atoms with E-state index in [0.29, 0.717) is 13.1 Å². The number of likely N-dealkylation sites (tertiary alicyclic amines) is 1. The number of rotatable bonds is 5. The Balaban J connectivity index is 1.19. The molecule has 6 heteroatoms. The SMILES string of the molecule is O=C(NC1CCCC1)[C@H]1[C@H]2C(=O)N(CCc3c[nH]c4ccccc34)C[C@@]23C=C[C@H]1O3. The third-order valence-corrected chi connectivity index (χ3v) is 7.51. The second-order valence-corrected chi connectivity index (χ2v) is 9.26. The highest BCUT2D eigenvalue weighted by Crippen LogP contribution is 2.52. The van der Waals surface area contributed by atoms with Gasteiger partial charge in [-0.1, -0.05) is 43.2 Å². The molecule has 156 valence electrons. The fourth-order valence-electron chi connectivity index (χ4n) is 6.03. The normalized spacial score (nSPS) is 32.5. The quantitative estimate of drug-likeness (QED) is 0.751. The zero-order valence-corrected chi connectivity index (χ0v) is 17.0. The van der Waals surface area contributed by atoms with Gasteiger partial charge in [0.15, 0.2) is 0 Å². The van der Waals surface area contributed by atoms with E-state index in [9.17, 15) is 9.59 Å². The summed E-state index contributed by atoms with van der Waals surface area (Å²) >= 11 is 0. The number of nitrogens with zero attached hydrogens (tertiary/aromatic N) is 1. The van der Waals surface area contributed by atoms with Gasteiger partial charge in [0.25, 0.3) is 0 Å². The first-order valence-electron chi connectivity index (χ1n) is 11.2. The van der Waals surface area contributed by atoms with Gasteiger partial charge in [0.05, 0.1) is 24.5 Å². The molecule has 30 heavy (non-hydrogen) atoms. The van der Waals surface area contributed by atoms with Crippen LogP contribution in [0.25, 0.3) is 10.9 Å². The van der Waals surface area contributed by atoms with Gasteiger partial charge < -0.3 is 19.9 Å². The van der Waals surface area contributed by atoms with Crippen molar-refractivity contribution in [3.8, 4) is 0 Å². The van der Waals surface area contributed by atoms with Gasteiger partial charge in [0, 0.05) is 29.7 Å². The van der Waals surface area contributed by atoms with Gasteiger partial charge in [-0.3, -0.25) is 9.59 Å². The number of amides is 2. The van der Waals surface area contributed by atoms with Crippen LogP contribution in [0, 0.1) is 11.8 Å². The third kappa shape index (κ3) is 2.66. The van der Waals surface area contributed by atoms with Crippen LogP contribution >= 0.6 is 0 Å². The van der Waals surface area contributed by atoms with E-state index in [-0.39, 0.29) is 24.0 Å². The maximum atomic E-state index is 13.4. The number of aromatic amines is 1. The Morgan fingerprint density at radius 1 is 1.27 bits per heavy atom. The maximum absolute atomic E-state index is 13.4. The molecular formula is C24H27N3O3. The van der Waals surface area contributed by atoms with Crippen LogP contribution in [0.1, 0.15) is 31.2 Å². The molecule has 1 aliphatic carbocycles. The molecule has 4 aliphatic rings. The van der Waals surface area contributed by atoms with Crippen molar-refractivity contribution < 1.29 is 14.3 Å². The summed E-state index contributed by atoms with van der Waals surface area (Å²) in [6.45, 7) is 1.18. The van der Waals surface area contributed by atoms with Gasteiger partial charge >= 0.3 is 0 Å². The monoisotopic (exact) mass is 405 g/mol. The standard InChI is InChI=1S/C24H27N3O3/c28-22(26-16-5-1-2-6-16)20-19-9-11-24(30-19)14-27(23(29)21(20)24)12-10-15-13-25-18-8-4-3-7-17(15)18/h3-4,7-9,11,13,16,19-21,25H,1-2,5-6,10,12,14H2,(H,26,28)/t19-,20-,21+,24+/m1/s1. The Morgan fingerprint density at radius 3 is 2.97 bits per heavy atom. The molecule has 2 amide bonds. The lowest BCUT2D eigenvalue weighted by molar-refractivity contribution is -0.137. The van der Waals surface area contributed by atoms with Crippen molar-refractivity contribution in [2.75, 3.05) is 13.1 Å². The number of carbonyl (C=O) groups excluding carboxylic acids is 2. The minimum atomic E-state index is -0.625. The second-order valence-electron chi connectivity index (χ2n) is 9.26. The summed E-state index contributed by atoms with van der Waals surface area (Å²) in [6.07, 6.45) is 11.0. The van der Waals surface area contributed by atoms with Crippen LogP contribution in [-0.4, -0.2) is 52.5 Å². The Labute approximate surface area is 175 Å². The molecule has 0 unspecified atom stereocenters. The molecule has 3 fully saturated rings. The number of hydrogen-bond donors (Lipinski definition) is 2. The number of aromatic nitrogens is 1. The number of hydrogen-bond acceptors (Lipinski definition) is 3. The summed E-state index contributed by atoms with van der Waals surface area (Å²) in [5.74, 6) is -0.735. The molecule has 2 bridgehead atoms. The first kappa shape index (κ1) is 18.2. The Bertz CT molecular complexity index is 1040. The van der Waals surface area contributed by atoms with Crippen molar-refractivity contribution in [3.05, 3.63) is 48.2 Å². The van der Waals surface area contributed by atoms with E-state index in [1.165, 1.54) is 23.8 Å². The van der Waals surface area contributed by atoms with Gasteiger partial charge in [-0.05, 0) is 30.9 Å². The van der Waals surface area contributed by atoms with Crippen molar-refractivity contribution >= 4 is 22.7 Å². The minimum Gasteiger partial charge on any atom is -0.361 e. The largest absolute Gasteiger partial charge is 0.361 e. The number of nitrogens with one attached hydrogen (secondary N) is 2. The van der Waals surface area contributed by atoms with E-state index in [2.05, 4.69) is 22.4 Å². The first-order valence-corrected chi connectivity index (χ1v) is 11.2. The topological polar surface area (TPSA) is 74.4 Å². The lowest BCUT2D eigenvalue weighted by atomic mass is 9.76. The van der Waals surface area contributed by atoms with Crippen LogP contribution < -0.4 is 5.32 Å². The van der Waals surface area contributed by atoms with E-state index >= 15 is 0 Å². The summed E-state index contributed by atoms with van der Waals surface area (Å²) in [4.78, 5) is 31.6. The van der Waals surface area contributed by atoms with E-state index < -0.39 is 17.4 Å². The molecule has 1 saturated carbocycles. The van der Waals surface area contributed by atoms with Gasteiger partial charge in [-0.25, -0.2) is 0 Å². The fourth-order valence-corrected chi connectivity index (χ4v) is 6.03. The van der Waals surface area contributed by atoms with E-state index in [0.717, 1.165) is 24.8 Å². The zero-order valence-electron chi connectivity index (χ0n) is 17.0. The van der Waals surface area contributed by atoms with Gasteiger partial charge in [0.1, 0.15) is 5.60 Å². The highest BCUT2D eigenvalue weighted by atomic mass is 16.5. The van der Waals surface area contributed by atoms with Crippen molar-refractivity contribution in [2.45, 2.75) is 49.9 Å². The van der Waals surface area contributed by atoms with Crippen LogP contribution in [0.4, 0.5) is 0 Å². The number of ether oxygens (including phenoxy) is 1. The summed E-state index contributed by atoms with van der Waals surface area (Å²) < 4.78 is 6.25. The molecule has 4 heterocycles. The van der Waals surface area contributed by atoms with Gasteiger partial charge in [-0.15, -0.1) is 0 Å². The zero-order chi connectivity index (χ0) is 20.3. The van der Waals surface area contributed by atoms with Crippen molar-refractivity contribution in [1.29, 1.82) is 0 Å². The first-order chi connectivity index (χ1) is 14.6. The number of benzene rings is 1. The van der Waals surface area contributed by atoms with Gasteiger partial charge in [-0.2, -0.15) is 0 Å². The summed E-state index contributed by atoms with van der Waals surface area (Å²) in [5.41, 5.74) is 1.70. The average molecular weight is 405 g/mol. The predicted octanol–water partition coefficient (Wildman–Crippen LogP) is 2.55. The highest BCUT2D eigenvalue weighted by Gasteiger charge is 2.66. The molecule has 6 nitrogen and oxygen atoms in total. The molecule has 2 aromatic rings. The smallest absolute Gasteiger partial charge is 0.230 e. The molecule has 4 atom stereocenters. The highest BCUT2D eigenvalue weighted by molar-refractivity contribution is 5.93. The Hall–Kier alpha value is -2.60. The van der Waals surface area contributed by atoms with Crippen LogP contribution in [0.15, 0.2) is 42.6 Å². The predicted molar refractivity (Wildman–Crippen MR) is 113 cm³/mol. The van der Waals surface area contributed by atoms with E-state index in [1.807, 2.05) is 35.4 Å². The van der Waals surface area contributed by atoms with Crippen LogP contribution in [0.2, 0.25) is 0 Å². The number of H-pyrrole nitrogens is 1. The van der Waals surface area contributed by atoms with E-state index in [4.69, 9.17) is 4.74 Å². The summed E-state index contributed by atoms with van der Waals surface area (Å²) in [6, 6.07) is 8.48. The lowest BCUT2D eigenvalue weighted by Crippen LogP contribution is -2.46. The number of fused-ring (bicyclic) bond motifs is 2. The fraction of sp³-hybridized carbons (Fsp3) is 0.500. The van der Waals surface area contributed by atoms with Crippen LogP contribution in [0.5, 0.6) is 0 Å². The Morgan fingerprint density at radius 2 is 2.10 bits per heavy atom. The molecular weight excluding hydrogens is 378 g/mol. The summed E-state index contributed by atoms with van der Waals surface area (Å²) in [7, 11) is 0. The Kier molecular flexibility index (Phi) is 4.07. The second kappa shape index (κ2) is 6.71. The molecule has 1 aromatic carbocycles. The molecule has 2 saturated heterocycles. The lowest BCUT2D eigenvalue weighted by Gasteiger charge is -2.25. The van der Waals surface area contributed by atoms with Crippen LogP contribution in [-0.2, 0) is 20.7 Å². The van der Waals surface area contributed by atoms with Crippen molar-refractivity contribution in [3.63, 3.8) is 0 Å². The molecule has 6 rings (SSSR count). The molecule has 1 spiro atoms. The third-order valence-electron chi connectivity index (χ3n) is 7.51. The van der Waals surface area contributed by atoms with Crippen molar-refractivity contribution in [1.82, 2.24) is 15.2 Å². The number of carbonyl (C=O) groups is 2. The molecule has 3 aliphatic heterocycles.